The highest BCUT2D eigenvalue weighted by atomic mass is 16.6. The quantitative estimate of drug-likeness (QED) is 0.654. The highest BCUT2D eigenvalue weighted by molar-refractivity contribution is 5.89. The van der Waals surface area contributed by atoms with Crippen molar-refractivity contribution in [2.24, 2.45) is 0 Å². The summed E-state index contributed by atoms with van der Waals surface area (Å²) in [6.07, 6.45) is 2.49. The van der Waals surface area contributed by atoms with Crippen LogP contribution in [-0.4, -0.2) is 23.3 Å². The monoisotopic (exact) mass is 262 g/mol. The van der Waals surface area contributed by atoms with Gasteiger partial charge in [0.2, 0.25) is 0 Å². The standard InChI is InChI=1S/C16H22O3/c1-5-6-14(11-17)12-7-9-13(10-8-12)15(18)19-16(2,3)4/h5,7-10,14,17H,1,6,11H2,2-4H3. The Bertz CT molecular complexity index is 426. The number of hydrogen-bond acceptors (Lipinski definition) is 3. The molecule has 0 fully saturated rings. The Hall–Kier alpha value is -1.61. The van der Waals surface area contributed by atoms with Crippen molar-refractivity contribution in [1.82, 2.24) is 0 Å². The number of hydrogen-bond donors (Lipinski definition) is 1. The van der Waals surface area contributed by atoms with Crippen LogP contribution in [0.1, 0.15) is 49.0 Å². The summed E-state index contributed by atoms with van der Waals surface area (Å²) >= 11 is 0. The second-order valence-electron chi connectivity index (χ2n) is 5.53. The zero-order chi connectivity index (χ0) is 14.5. The third kappa shape index (κ3) is 4.87. The molecule has 1 unspecified atom stereocenters. The maximum atomic E-state index is 11.8. The smallest absolute Gasteiger partial charge is 0.338 e. The van der Waals surface area contributed by atoms with Gasteiger partial charge in [0.1, 0.15) is 5.60 Å². The van der Waals surface area contributed by atoms with Crippen molar-refractivity contribution in [3.8, 4) is 0 Å². The van der Waals surface area contributed by atoms with Gasteiger partial charge in [0.05, 0.1) is 12.2 Å². The number of carbonyl (C=O) groups excluding carboxylic acids is 1. The molecular formula is C16H22O3. The molecule has 0 saturated heterocycles. The van der Waals surface area contributed by atoms with Gasteiger partial charge >= 0.3 is 5.97 Å². The van der Waals surface area contributed by atoms with E-state index in [1.165, 1.54) is 0 Å². The number of aliphatic hydroxyl groups excluding tert-OH is 1. The van der Waals surface area contributed by atoms with Gasteiger partial charge in [-0.2, -0.15) is 0 Å². The van der Waals surface area contributed by atoms with Gasteiger partial charge in [0.15, 0.2) is 0 Å². The Morgan fingerprint density at radius 3 is 2.37 bits per heavy atom. The molecule has 1 rings (SSSR count). The van der Waals surface area contributed by atoms with E-state index in [4.69, 9.17) is 4.74 Å². The average Bonchev–Trinajstić information content (AvgIpc) is 2.34. The van der Waals surface area contributed by atoms with Crippen molar-refractivity contribution >= 4 is 5.97 Å². The van der Waals surface area contributed by atoms with Crippen molar-refractivity contribution in [1.29, 1.82) is 0 Å². The third-order valence-electron chi connectivity index (χ3n) is 2.69. The van der Waals surface area contributed by atoms with E-state index in [0.717, 1.165) is 5.56 Å². The predicted molar refractivity (Wildman–Crippen MR) is 76.3 cm³/mol. The lowest BCUT2D eigenvalue weighted by Crippen LogP contribution is -2.23. The maximum absolute atomic E-state index is 11.8. The highest BCUT2D eigenvalue weighted by Crippen LogP contribution is 2.21. The lowest BCUT2D eigenvalue weighted by molar-refractivity contribution is 0.00695. The van der Waals surface area contributed by atoms with E-state index in [-0.39, 0.29) is 18.5 Å². The van der Waals surface area contributed by atoms with Gasteiger partial charge < -0.3 is 9.84 Å². The van der Waals surface area contributed by atoms with Gasteiger partial charge in [0.25, 0.3) is 0 Å². The molecule has 0 aromatic heterocycles. The van der Waals surface area contributed by atoms with E-state index in [0.29, 0.717) is 12.0 Å². The summed E-state index contributed by atoms with van der Waals surface area (Å²) in [5.74, 6) is -0.298. The Morgan fingerprint density at radius 1 is 1.37 bits per heavy atom. The summed E-state index contributed by atoms with van der Waals surface area (Å²) in [6.45, 7) is 9.26. The summed E-state index contributed by atoms with van der Waals surface area (Å²) in [5.41, 5.74) is 1.02. The van der Waals surface area contributed by atoms with E-state index in [2.05, 4.69) is 6.58 Å². The van der Waals surface area contributed by atoms with E-state index >= 15 is 0 Å². The Balaban J connectivity index is 2.81. The normalized spacial score (nSPS) is 12.8. The molecule has 1 atom stereocenters. The molecule has 0 spiro atoms. The van der Waals surface area contributed by atoms with E-state index in [1.807, 2.05) is 32.9 Å². The molecular weight excluding hydrogens is 240 g/mol. The first kappa shape index (κ1) is 15.4. The molecule has 0 aliphatic carbocycles. The van der Waals surface area contributed by atoms with Crippen LogP contribution in [-0.2, 0) is 4.74 Å². The topological polar surface area (TPSA) is 46.5 Å². The number of allylic oxidation sites excluding steroid dienone is 1. The van der Waals surface area contributed by atoms with E-state index < -0.39 is 5.60 Å². The summed E-state index contributed by atoms with van der Waals surface area (Å²) in [7, 11) is 0. The van der Waals surface area contributed by atoms with E-state index in [9.17, 15) is 9.90 Å². The van der Waals surface area contributed by atoms with Gasteiger partial charge in [-0.05, 0) is 44.9 Å². The van der Waals surface area contributed by atoms with Crippen LogP contribution < -0.4 is 0 Å². The van der Waals surface area contributed by atoms with Crippen LogP contribution in [0.25, 0.3) is 0 Å². The molecule has 1 N–H and O–H groups in total. The highest BCUT2D eigenvalue weighted by Gasteiger charge is 2.18. The fourth-order valence-electron chi connectivity index (χ4n) is 1.75. The number of ether oxygens (including phenoxy) is 1. The number of esters is 1. The van der Waals surface area contributed by atoms with Gasteiger partial charge in [-0.15, -0.1) is 6.58 Å². The number of rotatable bonds is 5. The van der Waals surface area contributed by atoms with Crippen molar-refractivity contribution in [3.05, 3.63) is 48.0 Å². The summed E-state index contributed by atoms with van der Waals surface area (Å²) in [6, 6.07) is 7.16. The first-order valence-corrected chi connectivity index (χ1v) is 6.42. The van der Waals surface area contributed by atoms with Gasteiger partial charge in [-0.1, -0.05) is 18.2 Å². The molecule has 0 saturated carbocycles. The SMILES string of the molecule is C=CCC(CO)c1ccc(C(=O)OC(C)(C)C)cc1. The summed E-state index contributed by atoms with van der Waals surface area (Å²) in [5, 5.41) is 9.30. The van der Waals surface area contributed by atoms with Crippen molar-refractivity contribution in [3.63, 3.8) is 0 Å². The van der Waals surface area contributed by atoms with Crippen LogP contribution in [0.5, 0.6) is 0 Å². The number of aliphatic hydroxyl groups is 1. The van der Waals surface area contributed by atoms with Crippen molar-refractivity contribution < 1.29 is 14.6 Å². The lowest BCUT2D eigenvalue weighted by Gasteiger charge is -2.19. The molecule has 0 aliphatic rings. The summed E-state index contributed by atoms with van der Waals surface area (Å²) < 4.78 is 5.29. The van der Waals surface area contributed by atoms with Crippen LogP contribution in [0.4, 0.5) is 0 Å². The molecule has 3 nitrogen and oxygen atoms in total. The molecule has 0 aliphatic heterocycles. The minimum Gasteiger partial charge on any atom is -0.456 e. The third-order valence-corrected chi connectivity index (χ3v) is 2.69. The molecule has 3 heteroatoms. The minimum atomic E-state index is -0.494. The first-order chi connectivity index (χ1) is 8.87. The zero-order valence-electron chi connectivity index (χ0n) is 11.8. The predicted octanol–water partition coefficient (Wildman–Crippen LogP) is 3.29. The number of carbonyl (C=O) groups is 1. The molecule has 1 aromatic rings. The van der Waals surface area contributed by atoms with Gasteiger partial charge in [-0.3, -0.25) is 0 Å². The van der Waals surface area contributed by atoms with Gasteiger partial charge in [-0.25, -0.2) is 4.79 Å². The van der Waals surface area contributed by atoms with Crippen molar-refractivity contribution in [2.75, 3.05) is 6.61 Å². The molecule has 0 amide bonds. The van der Waals surface area contributed by atoms with Crippen LogP contribution in [0, 0.1) is 0 Å². The molecule has 19 heavy (non-hydrogen) atoms. The Morgan fingerprint density at radius 2 is 1.95 bits per heavy atom. The minimum absolute atomic E-state index is 0.0326. The van der Waals surface area contributed by atoms with Crippen LogP contribution in [0.3, 0.4) is 0 Å². The van der Waals surface area contributed by atoms with Gasteiger partial charge in [0, 0.05) is 5.92 Å². The second-order valence-corrected chi connectivity index (χ2v) is 5.53. The molecule has 0 bridgehead atoms. The molecule has 104 valence electrons. The Labute approximate surface area is 114 Å². The average molecular weight is 262 g/mol. The lowest BCUT2D eigenvalue weighted by atomic mass is 9.96. The Kier molecular flexibility index (Phi) is 5.31. The summed E-state index contributed by atoms with van der Waals surface area (Å²) in [4.78, 5) is 11.8. The largest absolute Gasteiger partial charge is 0.456 e. The second kappa shape index (κ2) is 6.53. The fourth-order valence-corrected chi connectivity index (χ4v) is 1.75. The number of benzene rings is 1. The first-order valence-electron chi connectivity index (χ1n) is 6.42. The zero-order valence-corrected chi connectivity index (χ0v) is 11.8. The maximum Gasteiger partial charge on any atom is 0.338 e. The van der Waals surface area contributed by atoms with E-state index in [1.54, 1.807) is 18.2 Å². The van der Waals surface area contributed by atoms with Crippen LogP contribution in [0.15, 0.2) is 36.9 Å². The molecule has 0 heterocycles. The molecule has 0 radical (unpaired) electrons. The van der Waals surface area contributed by atoms with Crippen LogP contribution >= 0.6 is 0 Å². The van der Waals surface area contributed by atoms with Crippen LogP contribution in [0.2, 0.25) is 0 Å². The fraction of sp³-hybridized carbons (Fsp3) is 0.438. The molecule has 1 aromatic carbocycles. The van der Waals surface area contributed by atoms with Crippen molar-refractivity contribution in [2.45, 2.75) is 38.7 Å².